The average molecular weight is 460 g/mol. The van der Waals surface area contributed by atoms with Gasteiger partial charge in [-0.25, -0.2) is 4.99 Å². The number of hydrogen-bond donors (Lipinski definition) is 3. The number of carbonyl (C=O) groups excluding carboxylic acids is 1. The molecule has 1 amide bonds. The van der Waals surface area contributed by atoms with E-state index in [1.54, 1.807) is 13.2 Å². The van der Waals surface area contributed by atoms with Crippen LogP contribution >= 0.6 is 24.0 Å². The van der Waals surface area contributed by atoms with E-state index in [0.29, 0.717) is 38.6 Å². The minimum atomic E-state index is 0. The van der Waals surface area contributed by atoms with Gasteiger partial charge in [-0.05, 0) is 24.1 Å². The van der Waals surface area contributed by atoms with Gasteiger partial charge >= 0.3 is 0 Å². The summed E-state index contributed by atoms with van der Waals surface area (Å²) >= 11 is 0. The molecule has 3 N–H and O–H groups in total. The van der Waals surface area contributed by atoms with Gasteiger partial charge in [0.2, 0.25) is 5.91 Å². The largest absolute Gasteiger partial charge is 0.383 e. The molecular weight excluding hydrogens is 431 g/mol. The Morgan fingerprint density at radius 1 is 1.36 bits per heavy atom. The third-order valence-electron chi connectivity index (χ3n) is 3.12. The van der Waals surface area contributed by atoms with E-state index in [0.717, 1.165) is 17.7 Å². The fourth-order valence-electron chi connectivity index (χ4n) is 1.98. The second-order valence-electron chi connectivity index (χ2n) is 5.25. The molecule has 0 fully saturated rings. The molecule has 7 heteroatoms. The number of anilines is 1. The number of carbonyl (C=O) groups is 1. The molecule has 0 spiro atoms. The normalized spacial score (nSPS) is 10.6. The molecule has 0 saturated heterocycles. The highest BCUT2D eigenvalue weighted by Gasteiger charge is 2.02. The number of aliphatic imine (C=N–C) groups is 1. The summed E-state index contributed by atoms with van der Waals surface area (Å²) in [7, 11) is 1.66. The lowest BCUT2D eigenvalue weighted by atomic mass is 10.2. The second kappa shape index (κ2) is 14.7. The zero-order valence-electron chi connectivity index (χ0n) is 15.0. The Hall–Kier alpha value is -1.61. The zero-order chi connectivity index (χ0) is 17.6. The molecule has 6 nitrogen and oxygen atoms in total. The topological polar surface area (TPSA) is 74.8 Å². The number of methoxy groups -OCH3 is 1. The molecule has 0 bridgehead atoms. The molecule has 1 rings (SSSR count). The Kier molecular flexibility index (Phi) is 13.8. The summed E-state index contributed by atoms with van der Waals surface area (Å²) in [6, 6.07) is 7.73. The number of nitrogens with zero attached hydrogens (tertiary/aromatic N) is 1. The van der Waals surface area contributed by atoms with E-state index >= 15 is 0 Å². The third kappa shape index (κ3) is 10.8. The van der Waals surface area contributed by atoms with E-state index in [9.17, 15) is 4.79 Å². The summed E-state index contributed by atoms with van der Waals surface area (Å²) in [6.07, 6.45) is 3.14. The van der Waals surface area contributed by atoms with Crippen molar-refractivity contribution < 1.29 is 9.53 Å². The Balaban J connectivity index is 0.00000576. The van der Waals surface area contributed by atoms with Crippen LogP contribution in [0.15, 0.2) is 41.9 Å². The molecule has 0 aliphatic heterocycles. The summed E-state index contributed by atoms with van der Waals surface area (Å²) in [5.41, 5.74) is 1.82. The molecule has 140 valence electrons. The Morgan fingerprint density at radius 2 is 2.16 bits per heavy atom. The first kappa shape index (κ1) is 23.4. The predicted octanol–water partition coefficient (Wildman–Crippen LogP) is 2.91. The highest BCUT2D eigenvalue weighted by atomic mass is 127. The van der Waals surface area contributed by atoms with Crippen LogP contribution in [0, 0.1) is 0 Å². The highest BCUT2D eigenvalue weighted by molar-refractivity contribution is 14.0. The summed E-state index contributed by atoms with van der Waals surface area (Å²) in [5.74, 6) is 0.736. The number of rotatable bonds is 10. The zero-order valence-corrected chi connectivity index (χ0v) is 17.3. The Bertz CT molecular complexity index is 550. The predicted molar refractivity (Wildman–Crippen MR) is 115 cm³/mol. The van der Waals surface area contributed by atoms with Gasteiger partial charge in [-0.15, -0.1) is 30.6 Å². The first-order valence-electron chi connectivity index (χ1n) is 8.20. The SMILES string of the molecule is C=CCNC(=NCc1cccc(NC(=O)CCC)c1)NCCOC.I. The lowest BCUT2D eigenvalue weighted by Gasteiger charge is -2.11. The molecule has 1 aromatic rings. The van der Waals surface area contributed by atoms with Crippen LogP contribution in [0.4, 0.5) is 5.69 Å². The number of ether oxygens (including phenoxy) is 1. The number of amides is 1. The quantitative estimate of drug-likeness (QED) is 0.165. The standard InChI is InChI=1S/C18H28N4O2.HI/c1-4-7-17(23)22-16-9-6-8-15(13-16)14-21-18(19-10-5-2)20-11-12-24-3;/h5-6,8-9,13H,2,4,7,10-12,14H2,1,3H3,(H,22,23)(H2,19,20,21);1H. The van der Waals surface area contributed by atoms with Crippen molar-refractivity contribution in [2.75, 3.05) is 32.1 Å². The summed E-state index contributed by atoms with van der Waals surface area (Å²) in [6.45, 7) is 8.10. The fraction of sp³-hybridized carbons (Fsp3) is 0.444. The summed E-state index contributed by atoms with van der Waals surface area (Å²) in [5, 5.41) is 9.24. The van der Waals surface area contributed by atoms with E-state index < -0.39 is 0 Å². The molecule has 25 heavy (non-hydrogen) atoms. The van der Waals surface area contributed by atoms with Gasteiger partial charge in [-0.2, -0.15) is 0 Å². The van der Waals surface area contributed by atoms with Gasteiger partial charge in [0, 0.05) is 32.3 Å². The van der Waals surface area contributed by atoms with Crippen molar-refractivity contribution in [3.8, 4) is 0 Å². The number of halogens is 1. The molecule has 0 atom stereocenters. The molecule has 1 aromatic carbocycles. The monoisotopic (exact) mass is 460 g/mol. The molecule has 0 saturated carbocycles. The molecule has 0 heterocycles. The van der Waals surface area contributed by atoms with Crippen LogP contribution in [0.5, 0.6) is 0 Å². The minimum absolute atomic E-state index is 0. The van der Waals surface area contributed by atoms with Crippen LogP contribution in [0.25, 0.3) is 0 Å². The maximum atomic E-state index is 11.7. The first-order valence-corrected chi connectivity index (χ1v) is 8.20. The number of guanidine groups is 1. The molecule has 0 aromatic heterocycles. The maximum absolute atomic E-state index is 11.7. The highest BCUT2D eigenvalue weighted by Crippen LogP contribution is 2.12. The van der Waals surface area contributed by atoms with Crippen LogP contribution < -0.4 is 16.0 Å². The summed E-state index contributed by atoms with van der Waals surface area (Å²) in [4.78, 5) is 16.2. The Labute approximate surface area is 167 Å². The maximum Gasteiger partial charge on any atom is 0.224 e. The van der Waals surface area contributed by atoms with Crippen LogP contribution in [-0.2, 0) is 16.1 Å². The van der Waals surface area contributed by atoms with E-state index in [1.165, 1.54) is 0 Å². The number of nitrogens with one attached hydrogen (secondary N) is 3. The van der Waals surface area contributed by atoms with Crippen LogP contribution in [0.2, 0.25) is 0 Å². The van der Waals surface area contributed by atoms with Gasteiger partial charge in [-0.3, -0.25) is 4.79 Å². The van der Waals surface area contributed by atoms with E-state index in [1.807, 2.05) is 31.2 Å². The van der Waals surface area contributed by atoms with Crippen LogP contribution in [0.3, 0.4) is 0 Å². The fourth-order valence-corrected chi connectivity index (χ4v) is 1.98. The van der Waals surface area contributed by atoms with Gasteiger partial charge in [0.1, 0.15) is 0 Å². The van der Waals surface area contributed by atoms with E-state index in [4.69, 9.17) is 4.74 Å². The van der Waals surface area contributed by atoms with Gasteiger partial charge in [0.05, 0.1) is 13.2 Å². The van der Waals surface area contributed by atoms with E-state index in [2.05, 4.69) is 27.5 Å². The van der Waals surface area contributed by atoms with Crippen molar-refractivity contribution in [1.82, 2.24) is 10.6 Å². The van der Waals surface area contributed by atoms with Gasteiger partial charge in [0.15, 0.2) is 5.96 Å². The van der Waals surface area contributed by atoms with Crippen molar-refractivity contribution in [2.24, 2.45) is 4.99 Å². The average Bonchev–Trinajstić information content (AvgIpc) is 2.57. The lowest BCUT2D eigenvalue weighted by molar-refractivity contribution is -0.116. The molecular formula is C18H29IN4O2. The van der Waals surface area contributed by atoms with Crippen molar-refractivity contribution in [2.45, 2.75) is 26.3 Å². The van der Waals surface area contributed by atoms with Crippen molar-refractivity contribution in [3.63, 3.8) is 0 Å². The molecule has 0 radical (unpaired) electrons. The van der Waals surface area contributed by atoms with E-state index in [-0.39, 0.29) is 29.9 Å². The minimum Gasteiger partial charge on any atom is -0.383 e. The molecule has 0 aliphatic carbocycles. The molecule has 0 aliphatic rings. The lowest BCUT2D eigenvalue weighted by Crippen LogP contribution is -2.39. The number of hydrogen-bond acceptors (Lipinski definition) is 3. The molecule has 0 unspecified atom stereocenters. The number of benzene rings is 1. The van der Waals surface area contributed by atoms with Crippen molar-refractivity contribution in [1.29, 1.82) is 0 Å². The third-order valence-corrected chi connectivity index (χ3v) is 3.12. The van der Waals surface area contributed by atoms with Crippen molar-refractivity contribution in [3.05, 3.63) is 42.5 Å². The van der Waals surface area contributed by atoms with Gasteiger partial charge in [-0.1, -0.05) is 25.1 Å². The summed E-state index contributed by atoms with van der Waals surface area (Å²) < 4.78 is 5.03. The van der Waals surface area contributed by atoms with Crippen LogP contribution in [0.1, 0.15) is 25.3 Å². The Morgan fingerprint density at radius 3 is 2.84 bits per heavy atom. The first-order chi connectivity index (χ1) is 11.7. The smallest absolute Gasteiger partial charge is 0.224 e. The van der Waals surface area contributed by atoms with Gasteiger partial charge in [0.25, 0.3) is 0 Å². The van der Waals surface area contributed by atoms with Gasteiger partial charge < -0.3 is 20.7 Å². The van der Waals surface area contributed by atoms with Crippen molar-refractivity contribution >= 4 is 41.5 Å². The second-order valence-corrected chi connectivity index (χ2v) is 5.25. The van der Waals surface area contributed by atoms with Crippen LogP contribution in [-0.4, -0.2) is 38.7 Å².